The lowest BCUT2D eigenvalue weighted by Crippen LogP contribution is -2.29. The van der Waals surface area contributed by atoms with Gasteiger partial charge in [0.1, 0.15) is 5.76 Å². The molecule has 0 aliphatic rings. The molecule has 0 aliphatic carbocycles. The molecule has 74 valence electrons. The lowest BCUT2D eigenvalue weighted by atomic mass is 10.2. The van der Waals surface area contributed by atoms with Gasteiger partial charge >= 0.3 is 0 Å². The summed E-state index contributed by atoms with van der Waals surface area (Å²) in [6.07, 6.45) is 4.18. The molecule has 0 amide bonds. The number of aromatic nitrogens is 1. The molecule has 4 nitrogen and oxygen atoms in total. The number of nitrogens with one attached hydrogen (secondary N) is 1. The number of hydrogen-bond donors (Lipinski definition) is 2. The fraction of sp³-hybridized carbons (Fsp3) is 0.222. The molecule has 1 atom stereocenters. The van der Waals surface area contributed by atoms with Gasteiger partial charge in [0.25, 0.3) is 0 Å². The molecule has 14 heavy (non-hydrogen) atoms. The predicted molar refractivity (Wildman–Crippen MR) is 54.6 cm³/mol. The maximum absolute atomic E-state index is 5.45. The molecule has 2 aromatic rings. The summed E-state index contributed by atoms with van der Waals surface area (Å²) in [7, 11) is 0. The van der Waals surface area contributed by atoms with Crippen LogP contribution in [0.2, 0.25) is 0 Å². The van der Waals surface area contributed by atoms with Crippen molar-refractivity contribution in [2.45, 2.75) is 12.5 Å². The molecule has 0 radical (unpaired) electrons. The maximum atomic E-state index is 5.45. The third-order valence-electron chi connectivity index (χ3n) is 1.95. The van der Waals surface area contributed by atoms with Gasteiger partial charge in [-0.3, -0.25) is 5.84 Å². The number of hydrogen-bond acceptors (Lipinski definition) is 5. The monoisotopic (exact) mass is 209 g/mol. The van der Waals surface area contributed by atoms with Crippen LogP contribution in [0.25, 0.3) is 0 Å². The molecule has 0 fully saturated rings. The van der Waals surface area contributed by atoms with Crippen molar-refractivity contribution in [3.8, 4) is 0 Å². The highest BCUT2D eigenvalue weighted by molar-refractivity contribution is 7.09. The highest BCUT2D eigenvalue weighted by Crippen LogP contribution is 2.18. The van der Waals surface area contributed by atoms with E-state index in [1.54, 1.807) is 23.8 Å². The summed E-state index contributed by atoms with van der Waals surface area (Å²) in [6, 6.07) is 3.75. The zero-order valence-corrected chi connectivity index (χ0v) is 8.33. The van der Waals surface area contributed by atoms with Crippen LogP contribution < -0.4 is 11.3 Å². The maximum Gasteiger partial charge on any atom is 0.122 e. The molecule has 0 aromatic carbocycles. The topological polar surface area (TPSA) is 64.1 Å². The van der Waals surface area contributed by atoms with Gasteiger partial charge in [-0.15, -0.1) is 11.3 Å². The third kappa shape index (κ3) is 2.01. The third-order valence-corrected chi connectivity index (χ3v) is 2.75. The first kappa shape index (κ1) is 9.39. The van der Waals surface area contributed by atoms with Crippen molar-refractivity contribution in [1.82, 2.24) is 10.4 Å². The van der Waals surface area contributed by atoms with Crippen LogP contribution in [0, 0.1) is 0 Å². The van der Waals surface area contributed by atoms with Crippen molar-refractivity contribution in [3.63, 3.8) is 0 Å². The number of nitrogens with zero attached hydrogens (tertiary/aromatic N) is 1. The van der Waals surface area contributed by atoms with E-state index in [-0.39, 0.29) is 6.04 Å². The van der Waals surface area contributed by atoms with E-state index in [2.05, 4.69) is 10.4 Å². The zero-order valence-electron chi connectivity index (χ0n) is 7.51. The quantitative estimate of drug-likeness (QED) is 0.591. The fourth-order valence-electron chi connectivity index (χ4n) is 1.26. The average Bonchev–Trinajstić information content (AvgIpc) is 2.86. The number of furan rings is 1. The minimum Gasteiger partial charge on any atom is -0.468 e. The molecular weight excluding hydrogens is 198 g/mol. The molecule has 0 aliphatic heterocycles. The van der Waals surface area contributed by atoms with Crippen LogP contribution in [0.4, 0.5) is 0 Å². The molecule has 1 unspecified atom stereocenters. The second-order valence-electron chi connectivity index (χ2n) is 2.86. The van der Waals surface area contributed by atoms with Crippen molar-refractivity contribution < 1.29 is 4.42 Å². The summed E-state index contributed by atoms with van der Waals surface area (Å²) < 4.78 is 5.27. The SMILES string of the molecule is NNC(Cc1nccs1)c1ccco1. The highest BCUT2D eigenvalue weighted by atomic mass is 32.1. The van der Waals surface area contributed by atoms with E-state index in [0.717, 1.165) is 17.2 Å². The molecule has 5 heteroatoms. The minimum atomic E-state index is -0.00356. The number of rotatable bonds is 4. The largest absolute Gasteiger partial charge is 0.468 e. The van der Waals surface area contributed by atoms with Crippen LogP contribution in [0.15, 0.2) is 34.4 Å². The number of nitrogens with two attached hydrogens (primary N) is 1. The minimum absolute atomic E-state index is 0.00356. The van der Waals surface area contributed by atoms with Crippen molar-refractivity contribution in [2.24, 2.45) is 5.84 Å². The van der Waals surface area contributed by atoms with Gasteiger partial charge in [0, 0.05) is 18.0 Å². The Kier molecular flexibility index (Phi) is 2.93. The van der Waals surface area contributed by atoms with E-state index in [0.29, 0.717) is 0 Å². The molecule has 0 saturated carbocycles. The van der Waals surface area contributed by atoms with E-state index >= 15 is 0 Å². The Morgan fingerprint density at radius 3 is 3.14 bits per heavy atom. The first-order chi connectivity index (χ1) is 6.90. The molecule has 2 heterocycles. The Bertz CT molecular complexity index is 357. The van der Waals surface area contributed by atoms with E-state index in [4.69, 9.17) is 10.3 Å². The Balaban J connectivity index is 2.08. The lowest BCUT2D eigenvalue weighted by Gasteiger charge is -2.10. The van der Waals surface area contributed by atoms with E-state index in [1.807, 2.05) is 17.5 Å². The van der Waals surface area contributed by atoms with E-state index in [9.17, 15) is 0 Å². The van der Waals surface area contributed by atoms with Crippen molar-refractivity contribution in [1.29, 1.82) is 0 Å². The Labute approximate surface area is 85.7 Å². The van der Waals surface area contributed by atoms with Gasteiger partial charge in [-0.25, -0.2) is 10.4 Å². The highest BCUT2D eigenvalue weighted by Gasteiger charge is 2.14. The van der Waals surface area contributed by atoms with Gasteiger partial charge in [0.05, 0.1) is 17.3 Å². The summed E-state index contributed by atoms with van der Waals surface area (Å²) >= 11 is 1.62. The summed E-state index contributed by atoms with van der Waals surface area (Å²) in [5.74, 6) is 6.28. The smallest absolute Gasteiger partial charge is 0.122 e. The molecule has 2 rings (SSSR count). The first-order valence-corrected chi connectivity index (χ1v) is 5.16. The van der Waals surface area contributed by atoms with Gasteiger partial charge < -0.3 is 4.42 Å². The van der Waals surface area contributed by atoms with Crippen molar-refractivity contribution in [3.05, 3.63) is 40.7 Å². The summed E-state index contributed by atoms with van der Waals surface area (Å²) in [5.41, 5.74) is 2.72. The van der Waals surface area contributed by atoms with Gasteiger partial charge in [-0.2, -0.15) is 0 Å². The predicted octanol–water partition coefficient (Wildman–Crippen LogP) is 1.48. The molecule has 3 N–H and O–H groups in total. The Morgan fingerprint density at radius 1 is 1.64 bits per heavy atom. The van der Waals surface area contributed by atoms with Gasteiger partial charge in [0.15, 0.2) is 0 Å². The number of hydrazine groups is 1. The molecule has 0 spiro atoms. The second-order valence-corrected chi connectivity index (χ2v) is 3.84. The Hall–Kier alpha value is -1.17. The van der Waals surface area contributed by atoms with E-state index < -0.39 is 0 Å². The second kappa shape index (κ2) is 4.36. The Morgan fingerprint density at radius 2 is 2.57 bits per heavy atom. The standard InChI is InChI=1S/C9H11N3OS/c10-12-7(8-2-1-4-13-8)6-9-11-3-5-14-9/h1-5,7,12H,6,10H2. The first-order valence-electron chi connectivity index (χ1n) is 4.28. The lowest BCUT2D eigenvalue weighted by molar-refractivity contribution is 0.415. The van der Waals surface area contributed by atoms with Crippen LogP contribution in [0.5, 0.6) is 0 Å². The summed E-state index contributed by atoms with van der Waals surface area (Å²) in [6.45, 7) is 0. The molecule has 0 bridgehead atoms. The number of thiazole rings is 1. The van der Waals surface area contributed by atoms with Crippen LogP contribution in [-0.2, 0) is 6.42 Å². The van der Waals surface area contributed by atoms with Crippen molar-refractivity contribution >= 4 is 11.3 Å². The van der Waals surface area contributed by atoms with Gasteiger partial charge in [-0.05, 0) is 12.1 Å². The van der Waals surface area contributed by atoms with E-state index in [1.165, 1.54) is 0 Å². The molecular formula is C9H11N3OS. The fourth-order valence-corrected chi connectivity index (χ4v) is 1.92. The van der Waals surface area contributed by atoms with Gasteiger partial charge in [-0.1, -0.05) is 0 Å². The normalized spacial score (nSPS) is 12.9. The van der Waals surface area contributed by atoms with Crippen LogP contribution in [0.3, 0.4) is 0 Å². The molecule has 0 saturated heterocycles. The molecule has 2 aromatic heterocycles. The van der Waals surface area contributed by atoms with Gasteiger partial charge in [0.2, 0.25) is 0 Å². The average molecular weight is 209 g/mol. The zero-order chi connectivity index (χ0) is 9.80. The van der Waals surface area contributed by atoms with Crippen LogP contribution in [0.1, 0.15) is 16.8 Å². The summed E-state index contributed by atoms with van der Waals surface area (Å²) in [5, 5.41) is 3.00. The van der Waals surface area contributed by atoms with Crippen molar-refractivity contribution in [2.75, 3.05) is 0 Å². The summed E-state index contributed by atoms with van der Waals surface area (Å²) in [4.78, 5) is 4.20. The van der Waals surface area contributed by atoms with Crippen LogP contribution >= 0.6 is 11.3 Å². The van der Waals surface area contributed by atoms with Crippen LogP contribution in [-0.4, -0.2) is 4.98 Å².